The van der Waals surface area contributed by atoms with E-state index in [0.717, 1.165) is 0 Å². The maximum atomic E-state index is 13.7. The number of rotatable bonds is 3. The zero-order valence-electron chi connectivity index (χ0n) is 15.4. The molecule has 0 aliphatic carbocycles. The number of imide groups is 1. The van der Waals surface area contributed by atoms with E-state index in [2.05, 4.69) is 5.32 Å². The second-order valence-corrected chi connectivity index (χ2v) is 7.24. The van der Waals surface area contributed by atoms with Crippen molar-refractivity contribution < 1.29 is 27.6 Å². The van der Waals surface area contributed by atoms with E-state index in [1.54, 1.807) is 17.2 Å². The van der Waals surface area contributed by atoms with Gasteiger partial charge in [-0.25, -0.2) is 13.2 Å². The van der Waals surface area contributed by atoms with Crippen LogP contribution in [0.15, 0.2) is 35.7 Å². The first-order valence-electron chi connectivity index (χ1n) is 9.30. The van der Waals surface area contributed by atoms with Crippen molar-refractivity contribution in [2.24, 2.45) is 0 Å². The van der Waals surface area contributed by atoms with Crippen molar-refractivity contribution in [2.75, 3.05) is 6.54 Å². The summed E-state index contributed by atoms with van der Waals surface area (Å²) in [4.78, 5) is 40.1. The first-order chi connectivity index (χ1) is 13.8. The van der Waals surface area contributed by atoms with Gasteiger partial charge in [0.25, 0.3) is 5.91 Å². The molecule has 1 unspecified atom stereocenters. The minimum absolute atomic E-state index is 0.111. The molecule has 2 saturated heterocycles. The Morgan fingerprint density at radius 2 is 1.90 bits per heavy atom. The van der Waals surface area contributed by atoms with Gasteiger partial charge in [-0.2, -0.15) is 0 Å². The fraction of sp³-hybridized carbons (Fsp3) is 0.350. The lowest BCUT2D eigenvalue weighted by Gasteiger charge is -2.41. The number of allylic oxidation sites excluding steroid dienone is 1. The van der Waals surface area contributed by atoms with Gasteiger partial charge < -0.3 is 10.2 Å². The highest BCUT2D eigenvalue weighted by molar-refractivity contribution is 6.05. The summed E-state index contributed by atoms with van der Waals surface area (Å²) in [5.74, 6) is -4.29. The highest BCUT2D eigenvalue weighted by Crippen LogP contribution is 2.32. The topological polar surface area (TPSA) is 69.7 Å². The number of carbonyl (C=O) groups excluding carboxylic acids is 3. The van der Waals surface area contributed by atoms with Crippen LogP contribution in [0.1, 0.15) is 31.2 Å². The standard InChI is InChI=1S/C20H18F3N3O3/c21-12-6-15(22)14(16(23)7-12)8-24-19(28)11-4-5-17-20(29)26-10-13(25(17)9-11)2-1-3-18(26)27/h5-7,9,13H,1-4,8,10H2,(H,24,28). The molecule has 0 saturated carbocycles. The predicted octanol–water partition coefficient (Wildman–Crippen LogP) is 2.11. The molecule has 2 bridgehead atoms. The third kappa shape index (κ3) is 3.52. The van der Waals surface area contributed by atoms with Gasteiger partial charge in [-0.1, -0.05) is 6.08 Å². The van der Waals surface area contributed by atoms with E-state index in [1.807, 2.05) is 0 Å². The molecule has 3 aliphatic heterocycles. The van der Waals surface area contributed by atoms with Gasteiger partial charge in [0.05, 0.1) is 6.04 Å². The molecule has 1 aromatic rings. The summed E-state index contributed by atoms with van der Waals surface area (Å²) < 4.78 is 40.5. The Morgan fingerprint density at radius 1 is 1.17 bits per heavy atom. The van der Waals surface area contributed by atoms with Gasteiger partial charge in [0, 0.05) is 49.0 Å². The fourth-order valence-corrected chi connectivity index (χ4v) is 3.87. The van der Waals surface area contributed by atoms with Gasteiger partial charge in [0.2, 0.25) is 11.8 Å². The maximum Gasteiger partial charge on any atom is 0.276 e. The number of halogens is 3. The van der Waals surface area contributed by atoms with E-state index in [1.165, 1.54) is 4.90 Å². The van der Waals surface area contributed by atoms with Gasteiger partial charge >= 0.3 is 0 Å². The van der Waals surface area contributed by atoms with Crippen LogP contribution < -0.4 is 5.32 Å². The van der Waals surface area contributed by atoms with Crippen molar-refractivity contribution in [1.29, 1.82) is 0 Å². The second kappa shape index (κ2) is 7.38. The Labute approximate surface area is 164 Å². The number of amides is 3. The van der Waals surface area contributed by atoms with Crippen molar-refractivity contribution in [2.45, 2.75) is 38.3 Å². The zero-order chi connectivity index (χ0) is 20.7. The number of hydrogen-bond acceptors (Lipinski definition) is 4. The van der Waals surface area contributed by atoms with Gasteiger partial charge in [-0.05, 0) is 19.3 Å². The molecule has 152 valence electrons. The Balaban J connectivity index is 1.50. The van der Waals surface area contributed by atoms with Gasteiger partial charge in [-0.15, -0.1) is 0 Å². The Bertz CT molecular complexity index is 950. The molecule has 1 atom stereocenters. The van der Waals surface area contributed by atoms with Crippen molar-refractivity contribution in [1.82, 2.24) is 15.1 Å². The highest BCUT2D eigenvalue weighted by atomic mass is 19.1. The van der Waals surface area contributed by atoms with Crippen LogP contribution in [0.25, 0.3) is 0 Å². The van der Waals surface area contributed by atoms with E-state index >= 15 is 0 Å². The molecule has 0 aromatic heterocycles. The van der Waals surface area contributed by atoms with Crippen LogP contribution in [-0.4, -0.2) is 40.1 Å². The quantitative estimate of drug-likeness (QED) is 0.783. The van der Waals surface area contributed by atoms with Gasteiger partial charge in [0.15, 0.2) is 0 Å². The average Bonchev–Trinajstić information content (AvgIpc) is 2.85. The highest BCUT2D eigenvalue weighted by Gasteiger charge is 2.41. The number of piperazine rings is 1. The molecule has 2 fully saturated rings. The van der Waals surface area contributed by atoms with E-state index in [9.17, 15) is 27.6 Å². The van der Waals surface area contributed by atoms with Crippen LogP contribution in [-0.2, 0) is 20.9 Å². The summed E-state index contributed by atoms with van der Waals surface area (Å²) in [6.07, 6.45) is 4.97. The third-order valence-corrected chi connectivity index (χ3v) is 5.39. The monoisotopic (exact) mass is 405 g/mol. The van der Waals surface area contributed by atoms with Crippen LogP contribution in [0.2, 0.25) is 0 Å². The number of benzene rings is 1. The van der Waals surface area contributed by atoms with Gasteiger partial charge in [0.1, 0.15) is 23.1 Å². The zero-order valence-corrected chi connectivity index (χ0v) is 15.4. The molecule has 3 heterocycles. The lowest BCUT2D eigenvalue weighted by Crippen LogP contribution is -2.54. The maximum absolute atomic E-state index is 13.7. The van der Waals surface area contributed by atoms with Crippen LogP contribution in [0.5, 0.6) is 0 Å². The minimum atomic E-state index is -1.08. The van der Waals surface area contributed by atoms with Crippen LogP contribution in [0, 0.1) is 17.5 Å². The first-order valence-corrected chi connectivity index (χ1v) is 9.30. The van der Waals surface area contributed by atoms with Crippen molar-refractivity contribution >= 4 is 17.7 Å². The Kier molecular flexibility index (Phi) is 4.89. The SMILES string of the molecule is O=C(NCc1c(F)cc(F)cc1F)C1=CN2C(=CC1)C(=O)N1CC2CCCC1=O. The van der Waals surface area contributed by atoms with E-state index in [-0.39, 0.29) is 30.8 Å². The summed E-state index contributed by atoms with van der Waals surface area (Å²) in [5.41, 5.74) is 0.260. The predicted molar refractivity (Wildman–Crippen MR) is 95.1 cm³/mol. The number of carbonyl (C=O) groups is 3. The van der Waals surface area contributed by atoms with E-state index < -0.39 is 35.5 Å². The third-order valence-electron chi connectivity index (χ3n) is 5.39. The molecule has 29 heavy (non-hydrogen) atoms. The number of fused-ring (bicyclic) bond motifs is 4. The van der Waals surface area contributed by atoms with Crippen LogP contribution >= 0.6 is 0 Å². The smallest absolute Gasteiger partial charge is 0.276 e. The molecule has 9 heteroatoms. The molecule has 1 N–H and O–H groups in total. The second-order valence-electron chi connectivity index (χ2n) is 7.24. The minimum Gasteiger partial charge on any atom is -0.348 e. The van der Waals surface area contributed by atoms with Crippen molar-refractivity contribution in [3.8, 4) is 0 Å². The van der Waals surface area contributed by atoms with Crippen molar-refractivity contribution in [3.63, 3.8) is 0 Å². The molecule has 3 aliphatic rings. The fourth-order valence-electron chi connectivity index (χ4n) is 3.87. The lowest BCUT2D eigenvalue weighted by molar-refractivity contribution is -0.145. The lowest BCUT2D eigenvalue weighted by atomic mass is 10.0. The summed E-state index contributed by atoms with van der Waals surface area (Å²) in [6.45, 7) is -0.165. The molecular formula is C20H18F3N3O3. The molecular weight excluding hydrogens is 387 g/mol. The molecule has 1 aromatic carbocycles. The summed E-state index contributed by atoms with van der Waals surface area (Å²) in [5, 5.41) is 2.44. The molecule has 6 nitrogen and oxygen atoms in total. The van der Waals surface area contributed by atoms with Crippen LogP contribution in [0.4, 0.5) is 13.2 Å². The largest absolute Gasteiger partial charge is 0.348 e. The average molecular weight is 405 g/mol. The van der Waals surface area contributed by atoms with Crippen molar-refractivity contribution in [3.05, 3.63) is 58.7 Å². The van der Waals surface area contributed by atoms with Gasteiger partial charge in [-0.3, -0.25) is 19.3 Å². The van der Waals surface area contributed by atoms with E-state index in [0.29, 0.717) is 42.7 Å². The Hall–Kier alpha value is -3.10. The molecule has 0 radical (unpaired) electrons. The summed E-state index contributed by atoms with van der Waals surface area (Å²) in [7, 11) is 0. The number of nitrogens with zero attached hydrogens (tertiary/aromatic N) is 2. The number of nitrogens with one attached hydrogen (secondary N) is 1. The first kappa shape index (κ1) is 19.2. The summed E-state index contributed by atoms with van der Waals surface area (Å²) >= 11 is 0. The summed E-state index contributed by atoms with van der Waals surface area (Å²) in [6, 6.07) is 0.996. The molecule has 0 spiro atoms. The Morgan fingerprint density at radius 3 is 2.62 bits per heavy atom. The molecule has 4 rings (SSSR count). The molecule has 3 amide bonds. The van der Waals surface area contributed by atoms with E-state index in [4.69, 9.17) is 0 Å². The van der Waals surface area contributed by atoms with Crippen LogP contribution in [0.3, 0.4) is 0 Å². The number of hydrogen-bond donors (Lipinski definition) is 1. The normalized spacial score (nSPS) is 21.3.